The Morgan fingerprint density at radius 3 is 2.95 bits per heavy atom. The van der Waals surface area contributed by atoms with E-state index in [-0.39, 0.29) is 18.5 Å². The van der Waals surface area contributed by atoms with Crippen molar-refractivity contribution in [1.82, 2.24) is 10.3 Å². The molecule has 5 nitrogen and oxygen atoms in total. The van der Waals surface area contributed by atoms with Crippen LogP contribution >= 0.6 is 0 Å². The monoisotopic (exact) mass is 295 g/mol. The standard InChI is InChI=1S/C15H22FN3O2/c16-14-6-5-11(15(21)18-17)8-12(14)9-19-7-3-1-2-4-13(19)10-20/h5-6,8,13,20H,1-4,7,9-10,17H2,(H,18,21). The van der Waals surface area contributed by atoms with Crippen LogP contribution in [-0.4, -0.2) is 35.1 Å². The van der Waals surface area contributed by atoms with Crippen LogP contribution in [0.4, 0.5) is 4.39 Å². The quantitative estimate of drug-likeness (QED) is 0.442. The predicted octanol–water partition coefficient (Wildman–Crippen LogP) is 1.17. The average Bonchev–Trinajstić information content (AvgIpc) is 2.73. The lowest BCUT2D eigenvalue weighted by atomic mass is 10.1. The summed E-state index contributed by atoms with van der Waals surface area (Å²) in [4.78, 5) is 13.6. The molecule has 2 rings (SSSR count). The zero-order chi connectivity index (χ0) is 15.2. The van der Waals surface area contributed by atoms with E-state index in [0.29, 0.717) is 17.7 Å². The molecule has 1 heterocycles. The number of aliphatic hydroxyl groups excluding tert-OH is 1. The minimum Gasteiger partial charge on any atom is -0.395 e. The molecule has 1 saturated heterocycles. The molecule has 0 spiro atoms. The minimum absolute atomic E-state index is 0.0545. The van der Waals surface area contributed by atoms with Crippen LogP contribution in [0.5, 0.6) is 0 Å². The van der Waals surface area contributed by atoms with Crippen molar-refractivity contribution in [1.29, 1.82) is 0 Å². The van der Waals surface area contributed by atoms with E-state index in [1.54, 1.807) is 0 Å². The molecular formula is C15H22FN3O2. The number of aliphatic hydroxyl groups is 1. The maximum atomic E-state index is 14.0. The summed E-state index contributed by atoms with van der Waals surface area (Å²) in [6.45, 7) is 1.30. The molecule has 1 fully saturated rings. The van der Waals surface area contributed by atoms with Gasteiger partial charge in [-0.2, -0.15) is 0 Å². The molecule has 1 atom stereocenters. The Labute approximate surface area is 123 Å². The highest BCUT2D eigenvalue weighted by Gasteiger charge is 2.21. The number of nitrogens with two attached hydrogens (primary N) is 1. The van der Waals surface area contributed by atoms with Crippen LogP contribution in [0.1, 0.15) is 41.6 Å². The molecule has 1 aromatic rings. The van der Waals surface area contributed by atoms with Gasteiger partial charge in [-0.3, -0.25) is 15.1 Å². The number of rotatable bonds is 4. The zero-order valence-corrected chi connectivity index (χ0v) is 12.0. The number of likely N-dealkylation sites (tertiary alicyclic amines) is 1. The summed E-state index contributed by atoms with van der Waals surface area (Å²) in [7, 11) is 0. The first-order valence-electron chi connectivity index (χ1n) is 7.30. The van der Waals surface area contributed by atoms with Crippen molar-refractivity contribution in [2.75, 3.05) is 13.2 Å². The van der Waals surface area contributed by atoms with E-state index in [1.165, 1.54) is 18.2 Å². The SMILES string of the molecule is NNC(=O)c1ccc(F)c(CN2CCCCCC2CO)c1. The Morgan fingerprint density at radius 1 is 1.43 bits per heavy atom. The first-order chi connectivity index (χ1) is 10.2. The van der Waals surface area contributed by atoms with Gasteiger partial charge in [-0.15, -0.1) is 0 Å². The van der Waals surface area contributed by atoms with Crippen molar-refractivity contribution < 1.29 is 14.3 Å². The summed E-state index contributed by atoms with van der Waals surface area (Å²) in [6, 6.07) is 4.27. The Kier molecular flexibility index (Phi) is 5.67. The van der Waals surface area contributed by atoms with Crippen LogP contribution < -0.4 is 11.3 Å². The first kappa shape index (κ1) is 15.9. The van der Waals surface area contributed by atoms with Crippen molar-refractivity contribution >= 4 is 5.91 Å². The summed E-state index contributed by atoms with van der Waals surface area (Å²) >= 11 is 0. The lowest BCUT2D eigenvalue weighted by Gasteiger charge is -2.28. The molecule has 0 radical (unpaired) electrons. The molecule has 116 valence electrons. The Hall–Kier alpha value is -1.50. The summed E-state index contributed by atoms with van der Waals surface area (Å²) in [5.74, 6) is 4.32. The molecule has 0 saturated carbocycles. The van der Waals surface area contributed by atoms with Gasteiger partial charge >= 0.3 is 0 Å². The van der Waals surface area contributed by atoms with Crippen molar-refractivity contribution in [2.24, 2.45) is 5.84 Å². The number of hydrazine groups is 1. The number of halogens is 1. The number of carbonyl (C=O) groups is 1. The fourth-order valence-electron chi connectivity index (χ4n) is 2.79. The van der Waals surface area contributed by atoms with Crippen LogP contribution in [0.2, 0.25) is 0 Å². The molecule has 1 aliphatic rings. The third kappa shape index (κ3) is 4.00. The molecule has 0 aromatic heterocycles. The maximum Gasteiger partial charge on any atom is 0.265 e. The second kappa shape index (κ2) is 7.49. The number of carbonyl (C=O) groups excluding carboxylic acids is 1. The highest BCUT2D eigenvalue weighted by molar-refractivity contribution is 5.93. The van der Waals surface area contributed by atoms with Crippen LogP contribution in [0, 0.1) is 5.82 Å². The fourth-order valence-corrected chi connectivity index (χ4v) is 2.79. The lowest BCUT2D eigenvalue weighted by molar-refractivity contribution is 0.0952. The Morgan fingerprint density at radius 2 is 2.24 bits per heavy atom. The third-order valence-electron chi connectivity index (χ3n) is 4.02. The third-order valence-corrected chi connectivity index (χ3v) is 4.02. The van der Waals surface area contributed by atoms with Crippen molar-refractivity contribution in [3.8, 4) is 0 Å². The topological polar surface area (TPSA) is 78.6 Å². The molecule has 1 amide bonds. The van der Waals surface area contributed by atoms with Gasteiger partial charge in [0.05, 0.1) is 6.61 Å². The number of amides is 1. The predicted molar refractivity (Wildman–Crippen MR) is 77.8 cm³/mol. The molecule has 1 unspecified atom stereocenters. The summed E-state index contributed by atoms with van der Waals surface area (Å²) in [6.07, 6.45) is 4.17. The fraction of sp³-hybridized carbons (Fsp3) is 0.533. The second-order valence-electron chi connectivity index (χ2n) is 5.44. The van der Waals surface area contributed by atoms with E-state index in [4.69, 9.17) is 5.84 Å². The molecule has 21 heavy (non-hydrogen) atoms. The number of nitrogen functional groups attached to an aromatic ring is 1. The van der Waals surface area contributed by atoms with Crippen molar-refractivity contribution in [3.63, 3.8) is 0 Å². The van der Waals surface area contributed by atoms with Gasteiger partial charge in [-0.1, -0.05) is 12.8 Å². The van der Waals surface area contributed by atoms with Crippen molar-refractivity contribution in [3.05, 3.63) is 35.1 Å². The van der Waals surface area contributed by atoms with Gasteiger partial charge in [0.2, 0.25) is 0 Å². The van der Waals surface area contributed by atoms with E-state index in [1.807, 2.05) is 5.43 Å². The number of hydrogen-bond acceptors (Lipinski definition) is 4. The average molecular weight is 295 g/mol. The maximum absolute atomic E-state index is 14.0. The van der Waals surface area contributed by atoms with E-state index in [0.717, 1.165) is 32.2 Å². The van der Waals surface area contributed by atoms with Crippen LogP contribution in [0.25, 0.3) is 0 Å². The van der Waals surface area contributed by atoms with Gasteiger partial charge in [-0.25, -0.2) is 10.2 Å². The summed E-state index contributed by atoms with van der Waals surface area (Å²) < 4.78 is 14.0. The highest BCUT2D eigenvalue weighted by Crippen LogP contribution is 2.21. The van der Waals surface area contributed by atoms with Gasteiger partial charge in [0.25, 0.3) is 5.91 Å². The smallest absolute Gasteiger partial charge is 0.265 e. The minimum atomic E-state index is -0.439. The lowest BCUT2D eigenvalue weighted by Crippen LogP contribution is -2.37. The van der Waals surface area contributed by atoms with Gasteiger partial charge in [0.1, 0.15) is 5.82 Å². The largest absolute Gasteiger partial charge is 0.395 e. The summed E-state index contributed by atoms with van der Waals surface area (Å²) in [5.41, 5.74) is 2.84. The molecule has 0 bridgehead atoms. The van der Waals surface area contributed by atoms with Gasteiger partial charge < -0.3 is 5.11 Å². The Bertz CT molecular complexity index is 496. The zero-order valence-electron chi connectivity index (χ0n) is 12.0. The van der Waals surface area contributed by atoms with Gasteiger partial charge in [-0.05, 0) is 37.6 Å². The highest BCUT2D eigenvalue weighted by atomic mass is 19.1. The normalized spacial score (nSPS) is 20.0. The number of nitrogens with zero attached hydrogens (tertiary/aromatic N) is 1. The number of nitrogens with one attached hydrogen (secondary N) is 1. The van der Waals surface area contributed by atoms with Crippen LogP contribution in [0.15, 0.2) is 18.2 Å². The molecule has 4 N–H and O–H groups in total. The van der Waals surface area contributed by atoms with E-state index >= 15 is 0 Å². The van der Waals surface area contributed by atoms with E-state index < -0.39 is 5.91 Å². The Balaban J connectivity index is 2.18. The van der Waals surface area contributed by atoms with Gasteiger partial charge in [0, 0.05) is 23.7 Å². The molecular weight excluding hydrogens is 273 g/mol. The molecule has 1 aliphatic heterocycles. The first-order valence-corrected chi connectivity index (χ1v) is 7.30. The van der Waals surface area contributed by atoms with Gasteiger partial charge in [0.15, 0.2) is 0 Å². The second-order valence-corrected chi connectivity index (χ2v) is 5.44. The number of benzene rings is 1. The molecule has 0 aliphatic carbocycles. The van der Waals surface area contributed by atoms with E-state index in [2.05, 4.69) is 4.90 Å². The number of hydrogen-bond donors (Lipinski definition) is 3. The summed E-state index contributed by atoms with van der Waals surface area (Å²) in [5, 5.41) is 9.50. The van der Waals surface area contributed by atoms with E-state index in [9.17, 15) is 14.3 Å². The van der Waals surface area contributed by atoms with Crippen LogP contribution in [0.3, 0.4) is 0 Å². The molecule has 6 heteroatoms. The van der Waals surface area contributed by atoms with Crippen molar-refractivity contribution in [2.45, 2.75) is 38.3 Å². The van der Waals surface area contributed by atoms with Crippen LogP contribution in [-0.2, 0) is 6.54 Å². The molecule has 1 aromatic carbocycles.